The van der Waals surface area contributed by atoms with Crippen LogP contribution in [-0.2, 0) is 0 Å². The molecule has 0 saturated carbocycles. The SMILES string of the molecule is C=CCC(C)Nc1ncnc2nc[nH]c12. The van der Waals surface area contributed by atoms with Crippen LogP contribution in [0, 0.1) is 0 Å². The molecule has 2 rings (SSSR count). The number of nitrogens with one attached hydrogen (secondary N) is 2. The minimum absolute atomic E-state index is 0.295. The summed E-state index contributed by atoms with van der Waals surface area (Å²) < 4.78 is 0. The van der Waals surface area contributed by atoms with Gasteiger partial charge in [0.15, 0.2) is 11.5 Å². The van der Waals surface area contributed by atoms with Crippen LogP contribution in [0.15, 0.2) is 25.3 Å². The maximum atomic E-state index is 4.17. The molecule has 2 N–H and O–H groups in total. The average molecular weight is 203 g/mol. The third kappa shape index (κ3) is 1.96. The molecule has 0 fully saturated rings. The molecular formula is C10H13N5. The Morgan fingerprint density at radius 3 is 3.20 bits per heavy atom. The Morgan fingerprint density at radius 1 is 1.53 bits per heavy atom. The Kier molecular flexibility index (Phi) is 2.62. The topological polar surface area (TPSA) is 66.5 Å². The number of imidazole rings is 1. The first-order valence-corrected chi connectivity index (χ1v) is 4.82. The van der Waals surface area contributed by atoms with Crippen LogP contribution in [0.1, 0.15) is 13.3 Å². The summed E-state index contributed by atoms with van der Waals surface area (Å²) in [6.07, 6.45) is 5.89. The zero-order valence-electron chi connectivity index (χ0n) is 8.57. The van der Waals surface area contributed by atoms with Crippen molar-refractivity contribution in [3.05, 3.63) is 25.3 Å². The van der Waals surface area contributed by atoms with Gasteiger partial charge in [0, 0.05) is 6.04 Å². The molecule has 0 radical (unpaired) electrons. The van der Waals surface area contributed by atoms with E-state index in [0.717, 1.165) is 17.8 Å². The van der Waals surface area contributed by atoms with Gasteiger partial charge in [-0.3, -0.25) is 0 Å². The third-order valence-corrected chi connectivity index (χ3v) is 2.13. The van der Waals surface area contributed by atoms with Gasteiger partial charge >= 0.3 is 0 Å². The lowest BCUT2D eigenvalue weighted by Gasteiger charge is -2.11. The molecule has 0 aromatic carbocycles. The maximum Gasteiger partial charge on any atom is 0.182 e. The van der Waals surface area contributed by atoms with Crippen molar-refractivity contribution in [2.45, 2.75) is 19.4 Å². The van der Waals surface area contributed by atoms with Crippen molar-refractivity contribution in [3.63, 3.8) is 0 Å². The molecule has 2 aromatic rings. The number of rotatable bonds is 4. The predicted octanol–water partition coefficient (Wildman–Crippen LogP) is 1.73. The van der Waals surface area contributed by atoms with Gasteiger partial charge in [-0.1, -0.05) is 6.08 Å². The highest BCUT2D eigenvalue weighted by molar-refractivity contribution is 5.81. The molecule has 2 aromatic heterocycles. The van der Waals surface area contributed by atoms with Gasteiger partial charge in [0.05, 0.1) is 6.33 Å². The fourth-order valence-electron chi connectivity index (χ4n) is 1.42. The number of aromatic nitrogens is 4. The second-order valence-corrected chi connectivity index (χ2v) is 3.39. The van der Waals surface area contributed by atoms with E-state index in [2.05, 4.69) is 38.8 Å². The van der Waals surface area contributed by atoms with E-state index in [0.29, 0.717) is 11.7 Å². The molecule has 0 aliphatic heterocycles. The summed E-state index contributed by atoms with van der Waals surface area (Å²) in [5.41, 5.74) is 1.52. The van der Waals surface area contributed by atoms with Crippen LogP contribution in [0.3, 0.4) is 0 Å². The summed E-state index contributed by atoms with van der Waals surface area (Å²) in [6, 6.07) is 0.295. The van der Waals surface area contributed by atoms with Crippen molar-refractivity contribution in [1.82, 2.24) is 19.9 Å². The lowest BCUT2D eigenvalue weighted by Crippen LogP contribution is -2.15. The van der Waals surface area contributed by atoms with E-state index in [1.807, 2.05) is 6.08 Å². The Labute approximate surface area is 87.7 Å². The lowest BCUT2D eigenvalue weighted by molar-refractivity contribution is 0.808. The van der Waals surface area contributed by atoms with Gasteiger partial charge < -0.3 is 10.3 Å². The number of anilines is 1. The first kappa shape index (κ1) is 9.64. The van der Waals surface area contributed by atoms with E-state index in [-0.39, 0.29) is 0 Å². The van der Waals surface area contributed by atoms with Crippen LogP contribution in [0.4, 0.5) is 5.82 Å². The summed E-state index contributed by atoms with van der Waals surface area (Å²) in [7, 11) is 0. The zero-order chi connectivity index (χ0) is 10.7. The van der Waals surface area contributed by atoms with E-state index in [1.165, 1.54) is 6.33 Å². The van der Waals surface area contributed by atoms with E-state index >= 15 is 0 Å². The monoisotopic (exact) mass is 203 g/mol. The highest BCUT2D eigenvalue weighted by Gasteiger charge is 2.07. The Balaban J connectivity index is 2.27. The minimum Gasteiger partial charge on any atom is -0.365 e. The molecule has 0 aliphatic rings. The molecule has 0 spiro atoms. The van der Waals surface area contributed by atoms with Crippen molar-refractivity contribution < 1.29 is 0 Å². The van der Waals surface area contributed by atoms with Crippen molar-refractivity contribution in [3.8, 4) is 0 Å². The second-order valence-electron chi connectivity index (χ2n) is 3.39. The first-order valence-electron chi connectivity index (χ1n) is 4.82. The highest BCUT2D eigenvalue weighted by atomic mass is 15.1. The predicted molar refractivity (Wildman–Crippen MR) is 59.6 cm³/mol. The summed E-state index contributed by atoms with van der Waals surface area (Å²) in [5.74, 6) is 0.784. The number of aromatic amines is 1. The Hall–Kier alpha value is -1.91. The smallest absolute Gasteiger partial charge is 0.182 e. The molecule has 2 heterocycles. The average Bonchev–Trinajstić information content (AvgIpc) is 2.67. The van der Waals surface area contributed by atoms with E-state index in [4.69, 9.17) is 0 Å². The molecular weight excluding hydrogens is 190 g/mol. The standard InChI is InChI=1S/C10H13N5/c1-3-4-7(2)15-10-8-9(12-5-11-8)13-6-14-10/h3,5-7H,1,4H2,2H3,(H2,11,12,13,14,15). The number of hydrogen-bond donors (Lipinski definition) is 2. The molecule has 78 valence electrons. The third-order valence-electron chi connectivity index (χ3n) is 2.13. The quantitative estimate of drug-likeness (QED) is 0.742. The van der Waals surface area contributed by atoms with Crippen molar-refractivity contribution in [2.24, 2.45) is 0 Å². The van der Waals surface area contributed by atoms with Crippen molar-refractivity contribution in [2.75, 3.05) is 5.32 Å². The molecule has 0 saturated heterocycles. The highest BCUT2D eigenvalue weighted by Crippen LogP contribution is 2.15. The fourth-order valence-corrected chi connectivity index (χ4v) is 1.42. The first-order chi connectivity index (χ1) is 7.31. The van der Waals surface area contributed by atoms with Crippen LogP contribution in [-0.4, -0.2) is 26.0 Å². The van der Waals surface area contributed by atoms with Gasteiger partial charge in [-0.2, -0.15) is 0 Å². The molecule has 5 heteroatoms. The van der Waals surface area contributed by atoms with Crippen molar-refractivity contribution >= 4 is 17.0 Å². The molecule has 15 heavy (non-hydrogen) atoms. The van der Waals surface area contributed by atoms with E-state index in [9.17, 15) is 0 Å². The molecule has 0 bridgehead atoms. The van der Waals surface area contributed by atoms with Gasteiger partial charge in [-0.15, -0.1) is 6.58 Å². The van der Waals surface area contributed by atoms with Gasteiger partial charge in [-0.05, 0) is 13.3 Å². The molecule has 0 aliphatic carbocycles. The number of fused-ring (bicyclic) bond motifs is 1. The van der Waals surface area contributed by atoms with Gasteiger partial charge in [0.25, 0.3) is 0 Å². The normalized spacial score (nSPS) is 12.6. The molecule has 5 nitrogen and oxygen atoms in total. The summed E-state index contributed by atoms with van der Waals surface area (Å²) in [4.78, 5) is 15.3. The van der Waals surface area contributed by atoms with E-state index < -0.39 is 0 Å². The van der Waals surface area contributed by atoms with Gasteiger partial charge in [-0.25, -0.2) is 15.0 Å². The number of nitrogens with zero attached hydrogens (tertiary/aromatic N) is 3. The van der Waals surface area contributed by atoms with Crippen LogP contribution < -0.4 is 5.32 Å². The fraction of sp³-hybridized carbons (Fsp3) is 0.300. The Bertz CT molecular complexity index is 462. The van der Waals surface area contributed by atoms with Gasteiger partial charge in [0.1, 0.15) is 11.8 Å². The van der Waals surface area contributed by atoms with Crippen molar-refractivity contribution in [1.29, 1.82) is 0 Å². The molecule has 1 atom stereocenters. The second kappa shape index (κ2) is 4.08. The van der Waals surface area contributed by atoms with Gasteiger partial charge in [0.2, 0.25) is 0 Å². The maximum absolute atomic E-state index is 4.17. The summed E-state index contributed by atoms with van der Waals surface area (Å²) in [6.45, 7) is 5.78. The zero-order valence-corrected chi connectivity index (χ0v) is 8.57. The lowest BCUT2D eigenvalue weighted by atomic mass is 10.2. The molecule has 0 amide bonds. The molecule has 1 unspecified atom stereocenters. The summed E-state index contributed by atoms with van der Waals surface area (Å²) >= 11 is 0. The summed E-state index contributed by atoms with van der Waals surface area (Å²) in [5, 5.41) is 3.28. The Morgan fingerprint density at radius 2 is 2.40 bits per heavy atom. The number of hydrogen-bond acceptors (Lipinski definition) is 4. The van der Waals surface area contributed by atoms with Crippen LogP contribution in [0.25, 0.3) is 11.2 Å². The van der Waals surface area contributed by atoms with Crippen LogP contribution in [0.5, 0.6) is 0 Å². The number of H-pyrrole nitrogens is 1. The van der Waals surface area contributed by atoms with Crippen LogP contribution >= 0.6 is 0 Å². The largest absolute Gasteiger partial charge is 0.365 e. The van der Waals surface area contributed by atoms with Crippen LogP contribution in [0.2, 0.25) is 0 Å². The van der Waals surface area contributed by atoms with E-state index in [1.54, 1.807) is 6.33 Å². The minimum atomic E-state index is 0.295.